The topological polar surface area (TPSA) is 58.6 Å². The second-order valence-electron chi connectivity index (χ2n) is 8.23. The van der Waals surface area contributed by atoms with Crippen LogP contribution in [0.25, 0.3) is 0 Å². The highest BCUT2D eigenvalue weighted by molar-refractivity contribution is 6.36. The summed E-state index contributed by atoms with van der Waals surface area (Å²) in [5, 5.41) is 4.62. The van der Waals surface area contributed by atoms with E-state index in [0.29, 0.717) is 32.8 Å². The lowest BCUT2D eigenvalue weighted by molar-refractivity contribution is -0.143. The zero-order valence-corrected chi connectivity index (χ0v) is 20.9. The molecule has 1 unspecified atom stereocenters. The standard InChI is InChI=1S/C25H29Cl3N2O3/c1-2-23(25(32)29-18-7-4-3-5-8-18)30(15-20-21(27)9-6-10-22(20)28)24(31)16-33-19-13-11-17(26)12-14-19/h6,9-14,18,23H,2-5,7-8,15-16H2,1H3,(H,29,32). The molecule has 2 aromatic carbocycles. The highest BCUT2D eigenvalue weighted by atomic mass is 35.5. The van der Waals surface area contributed by atoms with Gasteiger partial charge in [0, 0.05) is 33.2 Å². The van der Waals surface area contributed by atoms with Crippen LogP contribution >= 0.6 is 34.8 Å². The molecule has 1 N–H and O–H groups in total. The van der Waals surface area contributed by atoms with Gasteiger partial charge in [-0.15, -0.1) is 0 Å². The first-order valence-electron chi connectivity index (χ1n) is 11.3. The number of benzene rings is 2. The third kappa shape index (κ3) is 7.26. The van der Waals surface area contributed by atoms with Crippen molar-refractivity contribution in [2.45, 2.75) is 64.1 Å². The Morgan fingerprint density at radius 1 is 1.03 bits per heavy atom. The Bertz CT molecular complexity index is 926. The van der Waals surface area contributed by atoms with E-state index in [4.69, 9.17) is 39.5 Å². The van der Waals surface area contributed by atoms with Crippen molar-refractivity contribution in [1.82, 2.24) is 10.2 Å². The quantitative estimate of drug-likeness (QED) is 0.431. The summed E-state index contributed by atoms with van der Waals surface area (Å²) in [6.07, 6.45) is 5.79. The number of nitrogens with one attached hydrogen (secondary N) is 1. The minimum Gasteiger partial charge on any atom is -0.484 e. The molecule has 1 aliphatic rings. The smallest absolute Gasteiger partial charge is 0.261 e. The zero-order valence-electron chi connectivity index (χ0n) is 18.7. The van der Waals surface area contributed by atoms with Crippen molar-refractivity contribution in [3.05, 3.63) is 63.1 Å². The van der Waals surface area contributed by atoms with Crippen molar-refractivity contribution in [2.24, 2.45) is 0 Å². The van der Waals surface area contributed by atoms with E-state index in [-0.39, 0.29) is 31.0 Å². The molecule has 0 spiro atoms. The molecule has 0 heterocycles. The number of halogens is 3. The molecule has 0 radical (unpaired) electrons. The van der Waals surface area contributed by atoms with Gasteiger partial charge in [-0.05, 0) is 55.7 Å². The van der Waals surface area contributed by atoms with Crippen LogP contribution < -0.4 is 10.1 Å². The Kier molecular flexibility index (Phi) is 9.72. The molecule has 2 amide bonds. The first kappa shape index (κ1) is 25.7. The maximum Gasteiger partial charge on any atom is 0.261 e. The van der Waals surface area contributed by atoms with Crippen LogP contribution in [0.4, 0.5) is 0 Å². The number of ether oxygens (including phenoxy) is 1. The van der Waals surface area contributed by atoms with Gasteiger partial charge < -0.3 is 15.0 Å². The van der Waals surface area contributed by atoms with Gasteiger partial charge in [-0.2, -0.15) is 0 Å². The molecular weight excluding hydrogens is 483 g/mol. The molecule has 1 atom stereocenters. The van der Waals surface area contributed by atoms with Gasteiger partial charge >= 0.3 is 0 Å². The van der Waals surface area contributed by atoms with Crippen LogP contribution in [-0.2, 0) is 16.1 Å². The molecule has 0 aromatic heterocycles. The van der Waals surface area contributed by atoms with Crippen molar-refractivity contribution in [1.29, 1.82) is 0 Å². The average molecular weight is 512 g/mol. The summed E-state index contributed by atoms with van der Waals surface area (Å²) in [5.41, 5.74) is 0.601. The second-order valence-corrected chi connectivity index (χ2v) is 9.48. The summed E-state index contributed by atoms with van der Waals surface area (Å²) in [7, 11) is 0. The number of hydrogen-bond acceptors (Lipinski definition) is 3. The molecule has 33 heavy (non-hydrogen) atoms. The number of rotatable bonds is 9. The third-order valence-corrected chi connectivity index (χ3v) is 6.86. The fourth-order valence-corrected chi connectivity index (χ4v) is 4.72. The van der Waals surface area contributed by atoms with Crippen molar-refractivity contribution < 1.29 is 14.3 Å². The van der Waals surface area contributed by atoms with Crippen molar-refractivity contribution in [3.63, 3.8) is 0 Å². The molecule has 2 aromatic rings. The average Bonchev–Trinajstić information content (AvgIpc) is 2.81. The largest absolute Gasteiger partial charge is 0.484 e. The van der Waals surface area contributed by atoms with Gasteiger partial charge in [0.25, 0.3) is 5.91 Å². The molecule has 0 aliphatic heterocycles. The maximum absolute atomic E-state index is 13.3. The van der Waals surface area contributed by atoms with Gasteiger partial charge in [-0.3, -0.25) is 9.59 Å². The van der Waals surface area contributed by atoms with E-state index in [2.05, 4.69) is 5.32 Å². The summed E-state index contributed by atoms with van der Waals surface area (Å²) in [5.74, 6) is 0.0298. The lowest BCUT2D eigenvalue weighted by Crippen LogP contribution is -2.52. The molecule has 0 bridgehead atoms. The molecule has 1 saturated carbocycles. The lowest BCUT2D eigenvalue weighted by Gasteiger charge is -2.33. The van der Waals surface area contributed by atoms with Gasteiger partial charge in [0.1, 0.15) is 11.8 Å². The van der Waals surface area contributed by atoms with Gasteiger partial charge in [0.15, 0.2) is 6.61 Å². The van der Waals surface area contributed by atoms with E-state index in [0.717, 1.165) is 25.7 Å². The number of carbonyl (C=O) groups is 2. The number of carbonyl (C=O) groups excluding carboxylic acids is 2. The Balaban J connectivity index is 1.79. The van der Waals surface area contributed by atoms with Crippen LogP contribution in [0.1, 0.15) is 51.0 Å². The predicted molar refractivity (Wildman–Crippen MR) is 133 cm³/mol. The van der Waals surface area contributed by atoms with E-state index in [1.807, 2.05) is 6.92 Å². The Morgan fingerprint density at radius 3 is 2.27 bits per heavy atom. The van der Waals surface area contributed by atoms with E-state index >= 15 is 0 Å². The summed E-state index contributed by atoms with van der Waals surface area (Å²) < 4.78 is 5.68. The van der Waals surface area contributed by atoms with Gasteiger partial charge in [-0.25, -0.2) is 0 Å². The molecule has 1 aliphatic carbocycles. The van der Waals surface area contributed by atoms with Gasteiger partial charge in [0.2, 0.25) is 5.91 Å². The van der Waals surface area contributed by atoms with Crippen LogP contribution in [-0.4, -0.2) is 35.4 Å². The first-order chi connectivity index (χ1) is 15.9. The fourth-order valence-electron chi connectivity index (χ4n) is 4.08. The third-order valence-electron chi connectivity index (χ3n) is 5.90. The maximum atomic E-state index is 13.3. The van der Waals surface area contributed by atoms with Gasteiger partial charge in [-0.1, -0.05) is 67.1 Å². The van der Waals surface area contributed by atoms with Crippen LogP contribution in [0, 0.1) is 0 Å². The molecule has 0 saturated heterocycles. The Labute approximate surface area is 210 Å². The molecule has 3 rings (SSSR count). The minimum absolute atomic E-state index is 0.109. The zero-order chi connectivity index (χ0) is 23.8. The summed E-state index contributed by atoms with van der Waals surface area (Å²) in [6, 6.07) is 11.4. The molecule has 8 heteroatoms. The van der Waals surface area contributed by atoms with E-state index in [1.165, 1.54) is 11.3 Å². The lowest BCUT2D eigenvalue weighted by atomic mass is 9.95. The molecule has 5 nitrogen and oxygen atoms in total. The first-order valence-corrected chi connectivity index (χ1v) is 12.4. The summed E-state index contributed by atoms with van der Waals surface area (Å²) >= 11 is 18.7. The monoisotopic (exact) mass is 510 g/mol. The van der Waals surface area contributed by atoms with E-state index in [1.54, 1.807) is 42.5 Å². The molecule has 178 valence electrons. The summed E-state index contributed by atoms with van der Waals surface area (Å²) in [4.78, 5) is 28.1. The normalized spacial score (nSPS) is 15.0. The van der Waals surface area contributed by atoms with Crippen LogP contribution in [0.3, 0.4) is 0 Å². The Hall–Kier alpha value is -1.95. The molecular formula is C25H29Cl3N2O3. The number of amides is 2. The van der Waals surface area contributed by atoms with Crippen LogP contribution in [0.2, 0.25) is 15.1 Å². The summed E-state index contributed by atoms with van der Waals surface area (Å²) in [6.45, 7) is 1.77. The highest BCUT2D eigenvalue weighted by Crippen LogP contribution is 2.27. The van der Waals surface area contributed by atoms with Gasteiger partial charge in [0.05, 0.1) is 0 Å². The number of hydrogen-bond donors (Lipinski definition) is 1. The van der Waals surface area contributed by atoms with Crippen molar-refractivity contribution in [2.75, 3.05) is 6.61 Å². The van der Waals surface area contributed by atoms with E-state index in [9.17, 15) is 9.59 Å². The Morgan fingerprint density at radius 2 is 1.67 bits per heavy atom. The second kappa shape index (κ2) is 12.5. The molecule has 1 fully saturated rings. The highest BCUT2D eigenvalue weighted by Gasteiger charge is 2.31. The van der Waals surface area contributed by atoms with Crippen LogP contribution in [0.15, 0.2) is 42.5 Å². The number of nitrogens with zero attached hydrogens (tertiary/aromatic N) is 1. The van der Waals surface area contributed by atoms with Crippen molar-refractivity contribution in [3.8, 4) is 5.75 Å². The van der Waals surface area contributed by atoms with Crippen LogP contribution in [0.5, 0.6) is 5.75 Å². The van der Waals surface area contributed by atoms with Crippen molar-refractivity contribution >= 4 is 46.6 Å². The SMILES string of the molecule is CCC(C(=O)NC1CCCCC1)N(Cc1c(Cl)cccc1Cl)C(=O)COc1ccc(Cl)cc1. The minimum atomic E-state index is -0.666. The fraction of sp³-hybridized carbons (Fsp3) is 0.440. The van der Waals surface area contributed by atoms with E-state index < -0.39 is 6.04 Å². The predicted octanol–water partition coefficient (Wildman–Crippen LogP) is 6.28.